The van der Waals surface area contributed by atoms with Crippen molar-refractivity contribution in [3.63, 3.8) is 0 Å². The molecule has 1 fully saturated rings. The lowest BCUT2D eigenvalue weighted by atomic mass is 10.3. The van der Waals surface area contributed by atoms with Crippen molar-refractivity contribution in [2.45, 2.75) is 24.8 Å². The lowest BCUT2D eigenvalue weighted by Gasteiger charge is -2.05. The summed E-state index contributed by atoms with van der Waals surface area (Å²) >= 11 is 0. The van der Waals surface area contributed by atoms with Gasteiger partial charge in [-0.15, -0.1) is 0 Å². The predicted molar refractivity (Wildman–Crippen MR) is 74.5 cm³/mol. The number of benzene rings is 1. The smallest absolute Gasteiger partial charge is 0.201 e. The van der Waals surface area contributed by atoms with Gasteiger partial charge in [-0.05, 0) is 30.4 Å². The molecule has 1 aromatic carbocycles. The molecular formula is C13H17N3O2S. The number of nitrogen functional groups attached to an aromatic ring is 1. The molecule has 3 rings (SSSR count). The van der Waals surface area contributed by atoms with Crippen LogP contribution in [0.25, 0.3) is 11.0 Å². The molecular weight excluding hydrogens is 262 g/mol. The van der Waals surface area contributed by atoms with Crippen molar-refractivity contribution in [1.29, 1.82) is 0 Å². The summed E-state index contributed by atoms with van der Waals surface area (Å²) in [5, 5.41) is 0. The maximum atomic E-state index is 11.8. The number of nitrogens with zero attached hydrogens (tertiary/aromatic N) is 2. The number of rotatable bonds is 3. The molecule has 102 valence electrons. The average molecular weight is 279 g/mol. The Hall–Kier alpha value is -1.56. The second-order valence-corrected chi connectivity index (χ2v) is 7.43. The zero-order valence-corrected chi connectivity index (χ0v) is 11.8. The Morgan fingerprint density at radius 3 is 2.74 bits per heavy atom. The Morgan fingerprint density at radius 1 is 1.47 bits per heavy atom. The molecule has 0 bridgehead atoms. The first-order valence-electron chi connectivity index (χ1n) is 6.32. The Labute approximate surface area is 112 Å². The van der Waals surface area contributed by atoms with E-state index < -0.39 is 9.84 Å². The number of para-hydroxylation sites is 1. The molecule has 5 nitrogen and oxygen atoms in total. The maximum absolute atomic E-state index is 11.8. The minimum absolute atomic E-state index is 0.249. The topological polar surface area (TPSA) is 78.0 Å². The van der Waals surface area contributed by atoms with E-state index in [4.69, 9.17) is 5.73 Å². The third-order valence-electron chi connectivity index (χ3n) is 3.86. The zero-order valence-electron chi connectivity index (χ0n) is 11.0. The first-order valence-corrected chi connectivity index (χ1v) is 8.22. The van der Waals surface area contributed by atoms with Gasteiger partial charge in [-0.3, -0.25) is 0 Å². The minimum Gasteiger partial charge on any atom is -0.369 e. The first kappa shape index (κ1) is 12.5. The highest BCUT2D eigenvalue weighted by Crippen LogP contribution is 2.40. The van der Waals surface area contributed by atoms with Crippen LogP contribution in [0.3, 0.4) is 0 Å². The van der Waals surface area contributed by atoms with E-state index >= 15 is 0 Å². The van der Waals surface area contributed by atoms with E-state index in [2.05, 4.69) is 11.9 Å². The van der Waals surface area contributed by atoms with E-state index in [1.54, 1.807) is 12.1 Å². The molecule has 0 saturated heterocycles. The Balaban J connectivity index is 2.17. The number of nitrogens with two attached hydrogens (primary N) is 1. The molecule has 6 heteroatoms. The molecule has 1 aliphatic carbocycles. The van der Waals surface area contributed by atoms with Gasteiger partial charge in [-0.25, -0.2) is 13.4 Å². The predicted octanol–water partition coefficient (Wildman–Crippen LogP) is 1.68. The van der Waals surface area contributed by atoms with Crippen molar-refractivity contribution in [1.82, 2.24) is 9.55 Å². The number of fused-ring (bicyclic) bond motifs is 1. The van der Waals surface area contributed by atoms with Gasteiger partial charge in [-0.2, -0.15) is 0 Å². The van der Waals surface area contributed by atoms with Crippen LogP contribution in [0.2, 0.25) is 0 Å². The summed E-state index contributed by atoms with van der Waals surface area (Å²) in [5.41, 5.74) is 7.23. The first-order chi connectivity index (χ1) is 8.88. The Morgan fingerprint density at radius 2 is 2.16 bits per heavy atom. The van der Waals surface area contributed by atoms with Crippen LogP contribution in [0.4, 0.5) is 5.95 Å². The summed E-state index contributed by atoms with van der Waals surface area (Å²) in [5.74, 6) is 1.74. The highest BCUT2D eigenvalue weighted by Gasteiger charge is 2.33. The molecule has 19 heavy (non-hydrogen) atoms. The van der Waals surface area contributed by atoms with E-state index in [9.17, 15) is 8.42 Å². The summed E-state index contributed by atoms with van der Waals surface area (Å²) in [6.07, 6.45) is 2.39. The van der Waals surface area contributed by atoms with Gasteiger partial charge in [-0.1, -0.05) is 13.0 Å². The molecule has 0 aliphatic heterocycles. The van der Waals surface area contributed by atoms with Crippen LogP contribution >= 0.6 is 0 Å². The number of sulfone groups is 1. The molecule has 0 spiro atoms. The normalized spacial score (nSPS) is 22.8. The fourth-order valence-electron chi connectivity index (χ4n) is 2.52. The molecule has 0 amide bonds. The summed E-state index contributed by atoms with van der Waals surface area (Å²) in [6.45, 7) is 3.03. The number of hydrogen-bond donors (Lipinski definition) is 1. The third-order valence-corrected chi connectivity index (χ3v) is 4.99. The van der Waals surface area contributed by atoms with Gasteiger partial charge in [0, 0.05) is 12.8 Å². The van der Waals surface area contributed by atoms with Gasteiger partial charge in [0.25, 0.3) is 0 Å². The summed E-state index contributed by atoms with van der Waals surface area (Å²) in [6, 6.07) is 5.20. The van der Waals surface area contributed by atoms with Gasteiger partial charge in [0.2, 0.25) is 5.95 Å². The van der Waals surface area contributed by atoms with Crippen LogP contribution in [0, 0.1) is 11.8 Å². The van der Waals surface area contributed by atoms with Gasteiger partial charge >= 0.3 is 0 Å². The molecule has 1 aromatic heterocycles. The molecule has 1 heterocycles. The maximum Gasteiger partial charge on any atom is 0.201 e. The number of hydrogen-bond acceptors (Lipinski definition) is 4. The fraction of sp³-hybridized carbons (Fsp3) is 0.462. The van der Waals surface area contributed by atoms with Crippen molar-refractivity contribution >= 4 is 26.8 Å². The van der Waals surface area contributed by atoms with E-state index in [0.717, 1.165) is 18.0 Å². The second kappa shape index (κ2) is 3.96. The SMILES string of the molecule is CC1CC1Cn1c(N)nc2c(S(C)(=O)=O)cccc21. The molecule has 2 N–H and O–H groups in total. The van der Waals surface area contributed by atoms with Crippen molar-refractivity contribution in [3.8, 4) is 0 Å². The van der Waals surface area contributed by atoms with Gasteiger partial charge in [0.15, 0.2) is 9.84 Å². The monoisotopic (exact) mass is 279 g/mol. The summed E-state index contributed by atoms with van der Waals surface area (Å²) in [7, 11) is -3.29. The van der Waals surface area contributed by atoms with Crippen LogP contribution < -0.4 is 5.73 Å². The van der Waals surface area contributed by atoms with Crippen LogP contribution in [0.1, 0.15) is 13.3 Å². The lowest BCUT2D eigenvalue weighted by Crippen LogP contribution is -2.05. The second-order valence-electron chi connectivity index (χ2n) is 5.45. The fourth-order valence-corrected chi connectivity index (χ4v) is 3.35. The molecule has 2 aromatic rings. The molecule has 1 saturated carbocycles. The van der Waals surface area contributed by atoms with Crippen molar-refractivity contribution in [2.75, 3.05) is 12.0 Å². The minimum atomic E-state index is -3.29. The Bertz CT molecular complexity index is 749. The van der Waals surface area contributed by atoms with E-state index in [1.165, 1.54) is 12.7 Å². The van der Waals surface area contributed by atoms with Gasteiger partial charge in [0.05, 0.1) is 10.4 Å². The Kier molecular flexibility index (Phi) is 2.60. The summed E-state index contributed by atoms with van der Waals surface area (Å²) < 4.78 is 25.5. The van der Waals surface area contributed by atoms with Crippen LogP contribution in [-0.4, -0.2) is 24.2 Å². The van der Waals surface area contributed by atoms with Crippen LogP contribution in [0.15, 0.2) is 23.1 Å². The standard InChI is InChI=1S/C13H17N3O2S/c1-8-6-9(8)7-16-10-4-3-5-11(19(2,17)18)12(10)15-13(16)14/h3-5,8-9H,6-7H2,1-2H3,(H2,14,15). The third kappa shape index (κ3) is 2.10. The number of anilines is 1. The van der Waals surface area contributed by atoms with E-state index in [0.29, 0.717) is 17.4 Å². The van der Waals surface area contributed by atoms with Gasteiger partial charge in [0.1, 0.15) is 5.52 Å². The van der Waals surface area contributed by atoms with Crippen LogP contribution in [-0.2, 0) is 16.4 Å². The molecule has 0 radical (unpaired) electrons. The quantitative estimate of drug-likeness (QED) is 0.927. The van der Waals surface area contributed by atoms with E-state index in [-0.39, 0.29) is 4.90 Å². The average Bonchev–Trinajstić information content (AvgIpc) is 2.91. The van der Waals surface area contributed by atoms with Gasteiger partial charge < -0.3 is 10.3 Å². The lowest BCUT2D eigenvalue weighted by molar-refractivity contribution is 0.602. The highest BCUT2D eigenvalue weighted by molar-refractivity contribution is 7.91. The van der Waals surface area contributed by atoms with Crippen LogP contribution in [0.5, 0.6) is 0 Å². The highest BCUT2D eigenvalue weighted by atomic mass is 32.2. The zero-order chi connectivity index (χ0) is 13.8. The largest absolute Gasteiger partial charge is 0.369 e. The summed E-state index contributed by atoms with van der Waals surface area (Å²) in [4.78, 5) is 4.50. The van der Waals surface area contributed by atoms with Crippen molar-refractivity contribution in [2.24, 2.45) is 11.8 Å². The molecule has 2 atom stereocenters. The van der Waals surface area contributed by atoms with E-state index in [1.807, 2.05) is 10.6 Å². The number of aromatic nitrogens is 2. The van der Waals surface area contributed by atoms with Crippen molar-refractivity contribution < 1.29 is 8.42 Å². The van der Waals surface area contributed by atoms with Crippen molar-refractivity contribution in [3.05, 3.63) is 18.2 Å². The number of imidazole rings is 1. The molecule has 1 aliphatic rings. The molecule has 2 unspecified atom stereocenters.